The van der Waals surface area contributed by atoms with Crippen molar-refractivity contribution in [2.24, 2.45) is 0 Å². The Morgan fingerprint density at radius 3 is 2.44 bits per heavy atom. The Morgan fingerprint density at radius 2 is 1.78 bits per heavy atom. The van der Waals surface area contributed by atoms with Crippen molar-refractivity contribution in [3.8, 4) is 5.75 Å². The molecule has 0 unspecified atom stereocenters. The van der Waals surface area contributed by atoms with Gasteiger partial charge in [-0.15, -0.1) is 0 Å². The summed E-state index contributed by atoms with van der Waals surface area (Å²) in [6.45, 7) is 3.09. The molecule has 0 N–H and O–H groups in total. The fourth-order valence-electron chi connectivity index (χ4n) is 2.99. The van der Waals surface area contributed by atoms with Gasteiger partial charge >= 0.3 is 0 Å². The predicted molar refractivity (Wildman–Crippen MR) is 98.7 cm³/mol. The average Bonchev–Trinajstić information content (AvgIpc) is 2.68. The number of sulfonamides is 1. The molecular formula is C19H21FN2O4S. The highest BCUT2D eigenvalue weighted by molar-refractivity contribution is 7.89. The van der Waals surface area contributed by atoms with E-state index in [1.54, 1.807) is 29.2 Å². The van der Waals surface area contributed by atoms with E-state index < -0.39 is 15.8 Å². The van der Waals surface area contributed by atoms with E-state index in [1.165, 1.54) is 22.5 Å². The summed E-state index contributed by atoms with van der Waals surface area (Å²) in [5.74, 6) is -0.340. The van der Waals surface area contributed by atoms with E-state index in [4.69, 9.17) is 4.74 Å². The van der Waals surface area contributed by atoms with Crippen LogP contribution in [0.3, 0.4) is 0 Å². The van der Waals surface area contributed by atoms with Crippen molar-refractivity contribution >= 4 is 15.9 Å². The molecule has 144 valence electrons. The summed E-state index contributed by atoms with van der Waals surface area (Å²) in [6.07, 6.45) is 0. The number of benzene rings is 2. The summed E-state index contributed by atoms with van der Waals surface area (Å²) in [6, 6.07) is 12.2. The van der Waals surface area contributed by atoms with Gasteiger partial charge in [0.1, 0.15) is 16.5 Å². The second kappa shape index (κ2) is 8.06. The van der Waals surface area contributed by atoms with Crippen molar-refractivity contribution < 1.29 is 22.3 Å². The van der Waals surface area contributed by atoms with Gasteiger partial charge < -0.3 is 9.64 Å². The van der Waals surface area contributed by atoms with Gasteiger partial charge in [-0.3, -0.25) is 4.79 Å². The maximum absolute atomic E-state index is 13.9. The van der Waals surface area contributed by atoms with E-state index in [2.05, 4.69) is 0 Å². The number of carbonyl (C=O) groups is 1. The van der Waals surface area contributed by atoms with E-state index >= 15 is 0 Å². The molecule has 0 atom stereocenters. The first-order valence-electron chi connectivity index (χ1n) is 8.70. The van der Waals surface area contributed by atoms with Gasteiger partial charge in [-0.05, 0) is 37.3 Å². The fourth-order valence-corrected chi connectivity index (χ4v) is 4.48. The van der Waals surface area contributed by atoms with Crippen molar-refractivity contribution in [3.05, 3.63) is 59.9 Å². The monoisotopic (exact) mass is 392 g/mol. The fraction of sp³-hybridized carbons (Fsp3) is 0.316. The second-order valence-electron chi connectivity index (χ2n) is 6.09. The first-order chi connectivity index (χ1) is 12.9. The normalized spacial score (nSPS) is 15.6. The van der Waals surface area contributed by atoms with Crippen molar-refractivity contribution in [1.82, 2.24) is 9.21 Å². The third-order valence-corrected chi connectivity index (χ3v) is 6.30. The van der Waals surface area contributed by atoms with Gasteiger partial charge in [0, 0.05) is 31.7 Å². The SMILES string of the molecule is CCOc1cccc(C(=O)N2CCN(S(=O)(=O)c3ccccc3F)CC2)c1. The van der Waals surface area contributed by atoms with E-state index in [1.807, 2.05) is 6.92 Å². The molecule has 1 aliphatic rings. The Bertz CT molecular complexity index is 925. The van der Waals surface area contributed by atoms with Crippen LogP contribution >= 0.6 is 0 Å². The van der Waals surface area contributed by atoms with Gasteiger partial charge in [0.15, 0.2) is 0 Å². The van der Waals surface area contributed by atoms with E-state index in [0.717, 1.165) is 6.07 Å². The average molecular weight is 392 g/mol. The lowest BCUT2D eigenvalue weighted by Crippen LogP contribution is -2.50. The smallest absolute Gasteiger partial charge is 0.254 e. The van der Waals surface area contributed by atoms with E-state index in [0.29, 0.717) is 17.9 Å². The molecule has 1 saturated heterocycles. The highest BCUT2D eigenvalue weighted by Crippen LogP contribution is 2.21. The number of halogens is 1. The van der Waals surface area contributed by atoms with Crippen molar-refractivity contribution in [3.63, 3.8) is 0 Å². The van der Waals surface area contributed by atoms with Gasteiger partial charge in [0.25, 0.3) is 5.91 Å². The molecule has 0 aliphatic carbocycles. The summed E-state index contributed by atoms with van der Waals surface area (Å²) in [4.78, 5) is 13.9. The van der Waals surface area contributed by atoms with Crippen LogP contribution < -0.4 is 4.74 Å². The predicted octanol–water partition coefficient (Wildman–Crippen LogP) is 2.37. The molecule has 1 aliphatic heterocycles. The molecule has 0 aromatic heterocycles. The molecule has 1 fully saturated rings. The minimum atomic E-state index is -3.92. The van der Waals surface area contributed by atoms with Crippen LogP contribution in [0.4, 0.5) is 4.39 Å². The zero-order chi connectivity index (χ0) is 19.4. The standard InChI is InChI=1S/C19H21FN2O4S/c1-2-26-16-7-5-6-15(14-16)19(23)21-10-12-22(13-11-21)27(24,25)18-9-4-3-8-17(18)20/h3-9,14H,2,10-13H2,1H3. The Balaban J connectivity index is 1.69. The summed E-state index contributed by atoms with van der Waals surface area (Å²) in [5.41, 5.74) is 0.492. The van der Waals surface area contributed by atoms with Gasteiger partial charge in [-0.1, -0.05) is 18.2 Å². The molecule has 2 aromatic rings. The molecule has 8 heteroatoms. The van der Waals surface area contributed by atoms with Crippen LogP contribution in [0.15, 0.2) is 53.4 Å². The van der Waals surface area contributed by atoms with Gasteiger partial charge in [-0.25, -0.2) is 12.8 Å². The maximum atomic E-state index is 13.9. The number of rotatable bonds is 5. The van der Waals surface area contributed by atoms with E-state index in [-0.39, 0.29) is 37.0 Å². The molecule has 2 aromatic carbocycles. The van der Waals surface area contributed by atoms with Crippen LogP contribution in [0, 0.1) is 5.82 Å². The zero-order valence-corrected chi connectivity index (χ0v) is 15.8. The molecule has 0 saturated carbocycles. The number of hydrogen-bond acceptors (Lipinski definition) is 4. The van der Waals surface area contributed by atoms with Crippen LogP contribution in [-0.2, 0) is 10.0 Å². The van der Waals surface area contributed by atoms with E-state index in [9.17, 15) is 17.6 Å². The van der Waals surface area contributed by atoms with Crippen LogP contribution in [-0.4, -0.2) is 56.3 Å². The zero-order valence-electron chi connectivity index (χ0n) is 15.0. The Kier molecular flexibility index (Phi) is 5.76. The number of piperazine rings is 1. The van der Waals surface area contributed by atoms with Crippen molar-refractivity contribution in [1.29, 1.82) is 0 Å². The third-order valence-electron chi connectivity index (χ3n) is 4.37. The van der Waals surface area contributed by atoms with Crippen molar-refractivity contribution in [2.75, 3.05) is 32.8 Å². The molecular weight excluding hydrogens is 371 g/mol. The number of amides is 1. The first kappa shape index (κ1) is 19.3. The number of nitrogens with zero attached hydrogens (tertiary/aromatic N) is 2. The van der Waals surface area contributed by atoms with Crippen LogP contribution in [0.5, 0.6) is 5.75 Å². The Morgan fingerprint density at radius 1 is 1.07 bits per heavy atom. The topological polar surface area (TPSA) is 66.9 Å². The summed E-state index contributed by atoms with van der Waals surface area (Å²) in [7, 11) is -3.92. The highest BCUT2D eigenvalue weighted by atomic mass is 32.2. The van der Waals surface area contributed by atoms with Crippen molar-refractivity contribution in [2.45, 2.75) is 11.8 Å². The number of ether oxygens (including phenoxy) is 1. The third kappa shape index (κ3) is 4.12. The first-order valence-corrected chi connectivity index (χ1v) is 10.1. The number of carbonyl (C=O) groups excluding carboxylic acids is 1. The summed E-state index contributed by atoms with van der Waals surface area (Å²) in [5, 5.41) is 0. The molecule has 1 heterocycles. The van der Waals surface area contributed by atoms with Gasteiger partial charge in [0.05, 0.1) is 6.61 Å². The quantitative estimate of drug-likeness (QED) is 0.784. The number of hydrogen-bond donors (Lipinski definition) is 0. The lowest BCUT2D eigenvalue weighted by molar-refractivity contribution is 0.0697. The van der Waals surface area contributed by atoms with Crippen LogP contribution in [0.1, 0.15) is 17.3 Å². The molecule has 6 nitrogen and oxygen atoms in total. The lowest BCUT2D eigenvalue weighted by atomic mass is 10.1. The molecule has 0 spiro atoms. The Hall–Kier alpha value is -2.45. The maximum Gasteiger partial charge on any atom is 0.254 e. The molecule has 0 radical (unpaired) electrons. The second-order valence-corrected chi connectivity index (χ2v) is 7.99. The van der Waals surface area contributed by atoms with Crippen LogP contribution in [0.2, 0.25) is 0 Å². The lowest BCUT2D eigenvalue weighted by Gasteiger charge is -2.34. The molecule has 27 heavy (non-hydrogen) atoms. The molecule has 3 rings (SSSR count). The highest BCUT2D eigenvalue weighted by Gasteiger charge is 2.32. The van der Waals surface area contributed by atoms with Crippen LogP contribution in [0.25, 0.3) is 0 Å². The minimum absolute atomic E-state index is 0.119. The summed E-state index contributed by atoms with van der Waals surface area (Å²) < 4.78 is 45.8. The molecule has 1 amide bonds. The van der Waals surface area contributed by atoms with Gasteiger partial charge in [0.2, 0.25) is 10.0 Å². The summed E-state index contributed by atoms with van der Waals surface area (Å²) >= 11 is 0. The largest absolute Gasteiger partial charge is 0.494 e. The minimum Gasteiger partial charge on any atom is -0.494 e. The molecule has 0 bridgehead atoms. The van der Waals surface area contributed by atoms with Gasteiger partial charge in [-0.2, -0.15) is 4.31 Å². The Labute approximate surface area is 158 Å².